The number of carbonyl (C=O) groups excluding carboxylic acids is 3. The number of nitrogens with zero attached hydrogens (tertiary/aromatic N) is 4. The van der Waals surface area contributed by atoms with Crippen LogP contribution in [0.2, 0.25) is 0 Å². The number of carboxylic acid groups (broad SMARTS) is 1. The Kier molecular flexibility index (Phi) is 18.1. The van der Waals surface area contributed by atoms with E-state index in [0.717, 1.165) is 29.0 Å². The summed E-state index contributed by atoms with van der Waals surface area (Å²) in [4.78, 5) is 108. The molecule has 7 N–H and O–H groups in total. The second-order valence-electron chi connectivity index (χ2n) is 14.0. The zero-order chi connectivity index (χ0) is 44.5. The summed E-state index contributed by atoms with van der Waals surface area (Å²) in [5, 5.41) is 34.9. The third-order valence-corrected chi connectivity index (χ3v) is 12.3. The molecule has 1 saturated heterocycles. The molecule has 59 heavy (non-hydrogen) atoms. The Hall–Kier alpha value is -2.97. The van der Waals surface area contributed by atoms with Crippen molar-refractivity contribution in [2.45, 2.75) is 77.6 Å². The first kappa shape index (κ1) is 50.4. The number of thioether (sulfide) groups is 1. The van der Waals surface area contributed by atoms with Crippen LogP contribution in [0.1, 0.15) is 53.2 Å². The van der Waals surface area contributed by atoms with E-state index in [1.165, 1.54) is 13.8 Å². The second-order valence-corrected chi connectivity index (χ2v) is 19.2. The second kappa shape index (κ2) is 21.2. The Morgan fingerprint density at radius 1 is 1.03 bits per heavy atom. The molecule has 8 unspecified atom stereocenters. The number of hydrogen-bond donors (Lipinski definition) is 6. The molecule has 0 aliphatic carbocycles. The zero-order valence-corrected chi connectivity index (χ0v) is 35.3. The quantitative estimate of drug-likeness (QED) is 0.0354. The molecule has 0 saturated carbocycles. The van der Waals surface area contributed by atoms with Crippen LogP contribution >= 0.6 is 35.2 Å². The number of aliphatic hydroxyl groups is 2. The van der Waals surface area contributed by atoms with E-state index in [1.807, 2.05) is 13.8 Å². The number of nitrogen functional groups attached to an aromatic ring is 1. The van der Waals surface area contributed by atoms with Crippen LogP contribution < -0.4 is 35.9 Å². The summed E-state index contributed by atoms with van der Waals surface area (Å²) in [5.41, 5.74) is 4.00. The molecule has 3 rings (SSSR count). The van der Waals surface area contributed by atoms with Crippen molar-refractivity contribution in [3.8, 4) is 0 Å². The van der Waals surface area contributed by atoms with E-state index in [9.17, 15) is 67.8 Å². The molecule has 1 aliphatic heterocycles. The van der Waals surface area contributed by atoms with Crippen molar-refractivity contribution < 1.29 is 90.4 Å². The first-order valence-corrected chi connectivity index (χ1v) is 22.8. The van der Waals surface area contributed by atoms with Gasteiger partial charge in [-0.15, -0.1) is 0 Å². The molecule has 8 atom stereocenters. The van der Waals surface area contributed by atoms with Crippen LogP contribution in [0.5, 0.6) is 0 Å². The van der Waals surface area contributed by atoms with Crippen molar-refractivity contribution in [1.82, 2.24) is 30.2 Å². The summed E-state index contributed by atoms with van der Waals surface area (Å²) < 4.78 is 60.5. The summed E-state index contributed by atoms with van der Waals surface area (Å²) >= 11 is 0.766. The molecule has 30 heteroatoms. The fourth-order valence-electron chi connectivity index (χ4n) is 5.20. The van der Waals surface area contributed by atoms with Crippen LogP contribution in [-0.2, 0) is 55.5 Å². The van der Waals surface area contributed by atoms with Crippen LogP contribution in [0.15, 0.2) is 12.7 Å². The highest BCUT2D eigenvalue weighted by molar-refractivity contribution is 8.13. The van der Waals surface area contributed by atoms with Gasteiger partial charge in [-0.25, -0.2) is 19.3 Å². The summed E-state index contributed by atoms with van der Waals surface area (Å²) in [6.07, 6.45) is -7.06. The van der Waals surface area contributed by atoms with Crippen molar-refractivity contribution >= 4 is 75.1 Å². The molecule has 0 bridgehead atoms. The molecule has 2 amide bonds. The van der Waals surface area contributed by atoms with Crippen molar-refractivity contribution in [3.05, 3.63) is 12.7 Å². The van der Waals surface area contributed by atoms with Crippen LogP contribution in [-0.4, -0.2) is 114 Å². The van der Waals surface area contributed by atoms with Crippen molar-refractivity contribution in [3.63, 3.8) is 0 Å². The van der Waals surface area contributed by atoms with E-state index < -0.39 is 102 Å². The Morgan fingerprint density at radius 3 is 2.32 bits per heavy atom. The molecule has 26 nitrogen and oxygen atoms in total. The lowest BCUT2D eigenvalue weighted by atomic mass is 9.87. The van der Waals surface area contributed by atoms with E-state index in [1.54, 1.807) is 0 Å². The number of ether oxygens (including phenoxy) is 1. The Balaban J connectivity index is 1.47. The number of hydrogen-bond acceptors (Lipinski definition) is 23. The van der Waals surface area contributed by atoms with E-state index in [-0.39, 0.29) is 54.6 Å². The monoisotopic (exact) mass is 919 g/mol. The predicted octanol–water partition coefficient (Wildman–Crippen LogP) is -2.73. The number of phosphoric ester groups is 3. The average molecular weight is 920 g/mol. The summed E-state index contributed by atoms with van der Waals surface area (Å²) in [6.45, 7) is 3.54. The van der Waals surface area contributed by atoms with Gasteiger partial charge >= 0.3 is 5.97 Å². The van der Waals surface area contributed by atoms with Gasteiger partial charge in [-0.3, -0.25) is 32.9 Å². The third-order valence-electron chi connectivity index (χ3n) is 8.34. The molecule has 2 aromatic rings. The van der Waals surface area contributed by atoms with Gasteiger partial charge in [0.15, 0.2) is 17.7 Å². The standard InChI is InChI=1S/C29H48N7O19P3S/c1-15(2)5-6-16(27(41)42)28(43)59-10-9-31-18(37)7-8-32-25(40)22(39)29(3,4)12-52-58(49,50)55-57(47,48)51-11-17-21(54-56(44,45)46)20(38)26(53-17)36-14-35-19-23(30)33-13-34-24(19)36/h13-17,20-22,26,38-39H,5-12H2,1-4H3,(H,31,37)(H,32,40)(H,41,42)(H,47,48)(H,49,50)(H2,30,33,34)(H2,44,45,46)/p-4. The van der Waals surface area contributed by atoms with Crippen molar-refractivity contribution in [2.75, 3.05) is 37.8 Å². The minimum atomic E-state index is -5.94. The predicted molar refractivity (Wildman–Crippen MR) is 193 cm³/mol. The number of carboxylic acids is 1. The SMILES string of the molecule is CC(C)CCC(C(=O)O)C(=O)SCCNC(=O)CCNC(=O)C(O)C(C)(C)COP(=O)([O-])OP(=O)([O-])OCC1OC(n2cnc3c(N)ncnc32)C(O)C1OP(=O)([O-])[O-]. The number of anilines is 1. The van der Waals surface area contributed by atoms with Gasteiger partial charge in [0.25, 0.3) is 15.6 Å². The van der Waals surface area contributed by atoms with Gasteiger partial charge in [-0.05, 0) is 18.8 Å². The molecule has 1 fully saturated rings. The van der Waals surface area contributed by atoms with Gasteiger partial charge in [0.2, 0.25) is 16.9 Å². The molecule has 1 aliphatic rings. The largest absolute Gasteiger partial charge is 0.790 e. The zero-order valence-electron chi connectivity index (χ0n) is 31.8. The number of rotatable bonds is 24. The lowest BCUT2D eigenvalue weighted by Gasteiger charge is -2.36. The van der Waals surface area contributed by atoms with Gasteiger partial charge < -0.3 is 74.1 Å². The molecule has 0 radical (unpaired) electrons. The van der Waals surface area contributed by atoms with Gasteiger partial charge in [0, 0.05) is 30.7 Å². The van der Waals surface area contributed by atoms with Gasteiger partial charge in [-0.1, -0.05) is 39.5 Å². The normalized spacial score (nSPS) is 21.7. The van der Waals surface area contributed by atoms with Crippen LogP contribution in [0.3, 0.4) is 0 Å². The highest BCUT2D eigenvalue weighted by atomic mass is 32.2. The molecule has 0 aromatic carbocycles. The van der Waals surface area contributed by atoms with Crippen LogP contribution in [0, 0.1) is 17.3 Å². The number of aromatic nitrogens is 4. The van der Waals surface area contributed by atoms with Crippen LogP contribution in [0.4, 0.5) is 5.82 Å². The minimum Gasteiger partial charge on any atom is -0.790 e. The number of imidazole rings is 1. The summed E-state index contributed by atoms with van der Waals surface area (Å²) in [5.74, 6) is -3.79. The Morgan fingerprint density at radius 2 is 1.69 bits per heavy atom. The molecular formula is C29H44N7O19P3S-4. The first-order valence-electron chi connectivity index (χ1n) is 17.4. The third kappa shape index (κ3) is 15.5. The van der Waals surface area contributed by atoms with Gasteiger partial charge in [0.05, 0.1) is 27.4 Å². The maximum Gasteiger partial charge on any atom is 0.314 e. The number of aliphatic carboxylic acids is 1. The highest BCUT2D eigenvalue weighted by Crippen LogP contribution is 2.56. The molecule has 2 aromatic heterocycles. The van der Waals surface area contributed by atoms with Gasteiger partial charge in [-0.2, -0.15) is 0 Å². The molecule has 0 spiro atoms. The Bertz CT molecular complexity index is 1950. The summed E-state index contributed by atoms with van der Waals surface area (Å²) in [7, 11) is -17.7. The van der Waals surface area contributed by atoms with E-state index in [0.29, 0.717) is 6.42 Å². The number of nitrogens with one attached hydrogen (secondary N) is 2. The van der Waals surface area contributed by atoms with E-state index in [2.05, 4.69) is 43.5 Å². The lowest BCUT2D eigenvalue weighted by Crippen LogP contribution is -2.46. The lowest BCUT2D eigenvalue weighted by molar-refractivity contribution is -0.347. The fourth-order valence-corrected chi connectivity index (χ4v) is 8.76. The topological polar surface area (TPSA) is 412 Å². The van der Waals surface area contributed by atoms with E-state index >= 15 is 0 Å². The first-order chi connectivity index (χ1) is 27.2. The number of fused-ring (bicyclic) bond motifs is 1. The smallest absolute Gasteiger partial charge is 0.314 e. The number of carbonyl (C=O) groups is 4. The average Bonchev–Trinajstić information content (AvgIpc) is 3.67. The van der Waals surface area contributed by atoms with E-state index in [4.69, 9.17) is 10.5 Å². The van der Waals surface area contributed by atoms with Crippen molar-refractivity contribution in [1.29, 1.82) is 0 Å². The fraction of sp³-hybridized carbons (Fsp3) is 0.690. The van der Waals surface area contributed by atoms with Crippen LogP contribution in [0.25, 0.3) is 11.2 Å². The molecule has 334 valence electrons. The maximum absolute atomic E-state index is 12.6. The Labute approximate surface area is 340 Å². The number of aliphatic hydroxyl groups excluding tert-OH is 2. The summed E-state index contributed by atoms with van der Waals surface area (Å²) in [6, 6.07) is 0. The maximum atomic E-state index is 12.6. The number of amides is 2. The minimum absolute atomic E-state index is 0.0145. The molecular weight excluding hydrogens is 875 g/mol. The molecule has 3 heterocycles. The highest BCUT2D eigenvalue weighted by Gasteiger charge is 2.47. The van der Waals surface area contributed by atoms with Gasteiger partial charge in [0.1, 0.15) is 42.2 Å². The number of phosphoric acid groups is 3. The van der Waals surface area contributed by atoms with Crippen molar-refractivity contribution in [2.24, 2.45) is 17.3 Å². The number of nitrogens with two attached hydrogens (primary N) is 1.